The number of rotatable bonds is 5. The molecule has 1 aromatic heterocycles. The minimum atomic E-state index is -0.0719. The van der Waals surface area contributed by atoms with E-state index in [0.717, 1.165) is 22.5 Å². The van der Waals surface area contributed by atoms with Gasteiger partial charge in [-0.15, -0.1) is 0 Å². The molecule has 2 aromatic carbocycles. The minimum absolute atomic E-state index is 0.0719. The van der Waals surface area contributed by atoms with Gasteiger partial charge >= 0.3 is 0 Å². The maximum Gasteiger partial charge on any atom is 0.229 e. The second-order valence-electron chi connectivity index (χ2n) is 6.14. The van der Waals surface area contributed by atoms with Gasteiger partial charge in [0, 0.05) is 5.69 Å². The van der Waals surface area contributed by atoms with E-state index in [9.17, 15) is 4.79 Å². The molecule has 0 aliphatic carbocycles. The number of aryl methyl sites for hydroxylation is 2. The summed E-state index contributed by atoms with van der Waals surface area (Å²) >= 11 is 0. The summed E-state index contributed by atoms with van der Waals surface area (Å²) in [6.07, 6.45) is 2.05. The molecule has 126 valence electrons. The van der Waals surface area contributed by atoms with Gasteiger partial charge in [0.05, 0.1) is 18.3 Å². The molecule has 25 heavy (non-hydrogen) atoms. The lowest BCUT2D eigenvalue weighted by atomic mass is 10.1. The summed E-state index contributed by atoms with van der Waals surface area (Å²) in [4.78, 5) is 16.4. The number of aromatic nitrogens is 1. The molecule has 1 amide bonds. The number of hydrogen-bond donors (Lipinski definition) is 2. The highest BCUT2D eigenvalue weighted by molar-refractivity contribution is 5.91. The molecule has 0 saturated heterocycles. The van der Waals surface area contributed by atoms with Gasteiger partial charge in [-0.3, -0.25) is 4.79 Å². The average Bonchev–Trinajstić information content (AvgIpc) is 2.59. The summed E-state index contributed by atoms with van der Waals surface area (Å²) in [5, 5.41) is 6.11. The van der Waals surface area contributed by atoms with Crippen molar-refractivity contribution in [2.24, 2.45) is 0 Å². The molecule has 3 rings (SSSR count). The molecule has 4 nitrogen and oxygen atoms in total. The molecule has 0 fully saturated rings. The fraction of sp³-hybridized carbons (Fsp3) is 0.143. The quantitative estimate of drug-likeness (QED) is 0.717. The zero-order chi connectivity index (χ0) is 17.6. The van der Waals surface area contributed by atoms with Crippen molar-refractivity contribution in [3.05, 3.63) is 83.6 Å². The number of nitrogens with zero attached hydrogens (tertiary/aromatic N) is 1. The summed E-state index contributed by atoms with van der Waals surface area (Å²) in [7, 11) is 0. The predicted molar refractivity (Wildman–Crippen MR) is 102 cm³/mol. The largest absolute Gasteiger partial charge is 0.354 e. The lowest BCUT2D eigenvalue weighted by Gasteiger charge is -2.08. The van der Waals surface area contributed by atoms with Crippen molar-refractivity contribution >= 4 is 23.1 Å². The van der Waals surface area contributed by atoms with Crippen LogP contribution in [-0.4, -0.2) is 10.9 Å². The van der Waals surface area contributed by atoms with Crippen LogP contribution >= 0.6 is 0 Å². The van der Waals surface area contributed by atoms with Gasteiger partial charge in [-0.2, -0.15) is 0 Å². The third kappa shape index (κ3) is 4.91. The number of pyridine rings is 1. The zero-order valence-corrected chi connectivity index (χ0v) is 14.4. The van der Waals surface area contributed by atoms with E-state index in [1.165, 1.54) is 5.56 Å². The first kappa shape index (κ1) is 16.7. The molecular weight excluding hydrogens is 310 g/mol. The Bertz CT molecular complexity index is 855. The third-order valence-electron chi connectivity index (χ3n) is 3.82. The Labute approximate surface area is 147 Å². The van der Waals surface area contributed by atoms with Crippen LogP contribution in [-0.2, 0) is 11.2 Å². The second-order valence-corrected chi connectivity index (χ2v) is 6.14. The normalized spacial score (nSPS) is 10.3. The predicted octanol–water partition coefficient (Wildman–Crippen LogP) is 4.62. The van der Waals surface area contributed by atoms with Crippen molar-refractivity contribution in [1.82, 2.24) is 4.98 Å². The monoisotopic (exact) mass is 331 g/mol. The van der Waals surface area contributed by atoms with Gasteiger partial charge in [-0.1, -0.05) is 47.5 Å². The van der Waals surface area contributed by atoms with Crippen LogP contribution in [0.15, 0.2) is 66.9 Å². The van der Waals surface area contributed by atoms with Crippen LogP contribution in [0.3, 0.4) is 0 Å². The summed E-state index contributed by atoms with van der Waals surface area (Å²) in [5.41, 5.74) is 5.24. The summed E-state index contributed by atoms with van der Waals surface area (Å²) in [5.74, 6) is 0.476. The van der Waals surface area contributed by atoms with Crippen molar-refractivity contribution < 1.29 is 4.79 Å². The molecule has 0 aliphatic rings. The van der Waals surface area contributed by atoms with Crippen LogP contribution < -0.4 is 10.6 Å². The van der Waals surface area contributed by atoms with Crippen LogP contribution in [0.1, 0.15) is 16.7 Å². The van der Waals surface area contributed by atoms with Crippen LogP contribution in [0, 0.1) is 13.8 Å². The SMILES string of the molecule is Cc1ccc(Nc2ccc(NC(=O)Cc3cccc(C)c3)nc2)cc1. The van der Waals surface area contributed by atoms with E-state index in [1.54, 1.807) is 12.3 Å². The van der Waals surface area contributed by atoms with Crippen LogP contribution in [0.25, 0.3) is 0 Å². The molecule has 0 aliphatic heterocycles. The Morgan fingerprint density at radius 2 is 1.68 bits per heavy atom. The van der Waals surface area contributed by atoms with Gasteiger partial charge in [0.1, 0.15) is 5.82 Å². The first-order valence-electron chi connectivity index (χ1n) is 8.24. The number of carbonyl (C=O) groups is 1. The fourth-order valence-electron chi connectivity index (χ4n) is 2.54. The first-order valence-corrected chi connectivity index (χ1v) is 8.24. The Balaban J connectivity index is 1.58. The summed E-state index contributed by atoms with van der Waals surface area (Å²) in [6, 6.07) is 19.8. The third-order valence-corrected chi connectivity index (χ3v) is 3.82. The Morgan fingerprint density at radius 1 is 0.920 bits per heavy atom. The number of nitrogens with one attached hydrogen (secondary N) is 2. The molecule has 0 unspecified atom stereocenters. The van der Waals surface area contributed by atoms with Gasteiger partial charge in [0.2, 0.25) is 5.91 Å². The number of benzene rings is 2. The van der Waals surface area contributed by atoms with Gasteiger partial charge in [0.15, 0.2) is 0 Å². The molecule has 1 heterocycles. The van der Waals surface area contributed by atoms with Crippen molar-refractivity contribution in [2.75, 3.05) is 10.6 Å². The van der Waals surface area contributed by atoms with E-state index in [1.807, 2.05) is 49.4 Å². The number of carbonyl (C=O) groups excluding carboxylic acids is 1. The molecule has 0 radical (unpaired) electrons. The van der Waals surface area contributed by atoms with Crippen molar-refractivity contribution in [2.45, 2.75) is 20.3 Å². The van der Waals surface area contributed by atoms with Gasteiger partial charge in [0.25, 0.3) is 0 Å². The number of anilines is 3. The van der Waals surface area contributed by atoms with E-state index in [-0.39, 0.29) is 5.91 Å². The first-order chi connectivity index (χ1) is 12.1. The van der Waals surface area contributed by atoms with Crippen LogP contribution in [0.2, 0.25) is 0 Å². The summed E-state index contributed by atoms with van der Waals surface area (Å²) in [6.45, 7) is 4.07. The van der Waals surface area contributed by atoms with Crippen LogP contribution in [0.4, 0.5) is 17.2 Å². The molecule has 4 heteroatoms. The van der Waals surface area contributed by atoms with Gasteiger partial charge in [-0.05, 0) is 43.7 Å². The minimum Gasteiger partial charge on any atom is -0.354 e. The molecule has 0 bridgehead atoms. The molecule has 0 atom stereocenters. The standard InChI is InChI=1S/C21H21N3O/c1-15-6-8-18(9-7-15)23-19-10-11-20(22-14-19)24-21(25)13-17-5-3-4-16(2)12-17/h3-12,14,23H,13H2,1-2H3,(H,22,24,25). The molecule has 0 saturated carbocycles. The average molecular weight is 331 g/mol. The zero-order valence-electron chi connectivity index (χ0n) is 14.4. The molecule has 2 N–H and O–H groups in total. The van der Waals surface area contributed by atoms with E-state index in [4.69, 9.17) is 0 Å². The topological polar surface area (TPSA) is 54.0 Å². The van der Waals surface area contributed by atoms with Crippen molar-refractivity contribution in [3.8, 4) is 0 Å². The molecule has 0 spiro atoms. The molecule has 3 aromatic rings. The number of hydrogen-bond acceptors (Lipinski definition) is 3. The Kier molecular flexibility index (Phi) is 5.09. The fourth-order valence-corrected chi connectivity index (χ4v) is 2.54. The second kappa shape index (κ2) is 7.62. The van der Waals surface area contributed by atoms with Crippen LogP contribution in [0.5, 0.6) is 0 Å². The molecular formula is C21H21N3O. The highest BCUT2D eigenvalue weighted by atomic mass is 16.1. The Morgan fingerprint density at radius 3 is 2.36 bits per heavy atom. The summed E-state index contributed by atoms with van der Waals surface area (Å²) < 4.78 is 0. The Hall–Kier alpha value is -3.14. The van der Waals surface area contributed by atoms with E-state index in [0.29, 0.717) is 12.2 Å². The smallest absolute Gasteiger partial charge is 0.229 e. The van der Waals surface area contributed by atoms with E-state index >= 15 is 0 Å². The lowest BCUT2D eigenvalue weighted by Crippen LogP contribution is -2.15. The van der Waals surface area contributed by atoms with Gasteiger partial charge < -0.3 is 10.6 Å². The van der Waals surface area contributed by atoms with Gasteiger partial charge in [-0.25, -0.2) is 4.98 Å². The highest BCUT2D eigenvalue weighted by Crippen LogP contribution is 2.17. The number of amides is 1. The lowest BCUT2D eigenvalue weighted by molar-refractivity contribution is -0.115. The highest BCUT2D eigenvalue weighted by Gasteiger charge is 2.05. The van der Waals surface area contributed by atoms with E-state index in [2.05, 4.69) is 34.7 Å². The van der Waals surface area contributed by atoms with E-state index < -0.39 is 0 Å². The maximum atomic E-state index is 12.1. The maximum absolute atomic E-state index is 12.1. The van der Waals surface area contributed by atoms with Crippen molar-refractivity contribution in [3.63, 3.8) is 0 Å². The van der Waals surface area contributed by atoms with Crippen molar-refractivity contribution in [1.29, 1.82) is 0 Å².